The molecule has 134 valence electrons. The molecule has 6 nitrogen and oxygen atoms in total. The fraction of sp³-hybridized carbons (Fsp3) is 0.833. The zero-order valence-corrected chi connectivity index (χ0v) is 14.6. The third kappa shape index (κ3) is 4.08. The number of hydrogen-bond acceptors (Lipinski definition) is 3. The van der Waals surface area contributed by atoms with Crippen LogP contribution in [0.4, 0.5) is 0 Å². The highest BCUT2D eigenvalue weighted by Crippen LogP contribution is 2.25. The van der Waals surface area contributed by atoms with Gasteiger partial charge in [0.05, 0.1) is 0 Å². The number of carbonyl (C=O) groups excluding carboxylic acids is 3. The Kier molecular flexibility index (Phi) is 5.41. The topological polar surface area (TPSA) is 69.7 Å². The van der Waals surface area contributed by atoms with Crippen LogP contribution in [0.15, 0.2) is 0 Å². The number of carbonyl (C=O) groups is 3. The van der Waals surface area contributed by atoms with Crippen molar-refractivity contribution in [2.24, 2.45) is 11.8 Å². The van der Waals surface area contributed by atoms with Crippen molar-refractivity contribution in [1.29, 1.82) is 0 Å². The summed E-state index contributed by atoms with van der Waals surface area (Å²) in [7, 11) is 0. The van der Waals surface area contributed by atoms with Crippen LogP contribution in [0.2, 0.25) is 0 Å². The lowest BCUT2D eigenvalue weighted by atomic mass is 9.89. The molecule has 1 N–H and O–H groups in total. The van der Waals surface area contributed by atoms with Crippen LogP contribution in [0.3, 0.4) is 0 Å². The van der Waals surface area contributed by atoms with Gasteiger partial charge in [0.1, 0.15) is 0 Å². The molecule has 0 radical (unpaired) electrons. The Morgan fingerprint density at radius 1 is 1.17 bits per heavy atom. The van der Waals surface area contributed by atoms with Crippen molar-refractivity contribution in [3.05, 3.63) is 0 Å². The van der Waals surface area contributed by atoms with E-state index in [1.807, 2.05) is 16.7 Å². The van der Waals surface area contributed by atoms with E-state index in [1.165, 1.54) is 0 Å². The van der Waals surface area contributed by atoms with Gasteiger partial charge >= 0.3 is 0 Å². The molecule has 3 fully saturated rings. The summed E-state index contributed by atoms with van der Waals surface area (Å²) in [5, 5.41) is 2.88. The second-order valence-corrected chi connectivity index (χ2v) is 7.67. The Hall–Kier alpha value is -1.59. The predicted octanol–water partition coefficient (Wildman–Crippen LogP) is 1.15. The molecular formula is C18H29N3O3. The summed E-state index contributed by atoms with van der Waals surface area (Å²) in [6.45, 7) is 5.23. The highest BCUT2D eigenvalue weighted by Gasteiger charge is 2.34. The van der Waals surface area contributed by atoms with Crippen molar-refractivity contribution in [2.75, 3.05) is 26.2 Å². The Morgan fingerprint density at radius 2 is 1.92 bits per heavy atom. The standard InChI is InChI=1S/C18H29N3O3/c1-13-10-15(11-16(22)19-13)18(24)20-8-5-14(6-9-20)12-21-7-3-2-4-17(21)23/h13-15H,2-12H2,1H3,(H,19,22)/t13-,15-/m1/s1. The van der Waals surface area contributed by atoms with Crippen LogP contribution in [0.25, 0.3) is 0 Å². The minimum atomic E-state index is -0.158. The van der Waals surface area contributed by atoms with Crippen molar-refractivity contribution in [2.45, 2.75) is 57.9 Å². The molecule has 0 aromatic heterocycles. The third-order valence-corrected chi connectivity index (χ3v) is 5.65. The first kappa shape index (κ1) is 17.2. The molecule has 0 saturated carbocycles. The van der Waals surface area contributed by atoms with Crippen LogP contribution in [0, 0.1) is 11.8 Å². The molecule has 24 heavy (non-hydrogen) atoms. The van der Waals surface area contributed by atoms with Gasteiger partial charge in [-0.2, -0.15) is 0 Å². The Morgan fingerprint density at radius 3 is 2.58 bits per heavy atom. The molecule has 3 aliphatic heterocycles. The Labute approximate surface area is 143 Å². The van der Waals surface area contributed by atoms with E-state index >= 15 is 0 Å². The molecule has 3 saturated heterocycles. The lowest BCUT2D eigenvalue weighted by molar-refractivity contribution is -0.142. The van der Waals surface area contributed by atoms with E-state index in [0.29, 0.717) is 24.7 Å². The van der Waals surface area contributed by atoms with E-state index in [4.69, 9.17) is 0 Å². The van der Waals surface area contributed by atoms with Crippen molar-refractivity contribution in [3.63, 3.8) is 0 Å². The molecule has 0 aliphatic carbocycles. The molecule has 3 heterocycles. The molecule has 3 aliphatic rings. The molecule has 2 atom stereocenters. The maximum atomic E-state index is 12.7. The maximum Gasteiger partial charge on any atom is 0.226 e. The smallest absolute Gasteiger partial charge is 0.226 e. The maximum absolute atomic E-state index is 12.7. The zero-order chi connectivity index (χ0) is 17.1. The minimum Gasteiger partial charge on any atom is -0.354 e. The number of hydrogen-bond donors (Lipinski definition) is 1. The molecule has 0 aromatic carbocycles. The summed E-state index contributed by atoms with van der Waals surface area (Å²) < 4.78 is 0. The van der Waals surface area contributed by atoms with E-state index in [1.54, 1.807) is 0 Å². The predicted molar refractivity (Wildman–Crippen MR) is 90.1 cm³/mol. The molecule has 0 unspecified atom stereocenters. The second-order valence-electron chi connectivity index (χ2n) is 7.67. The first-order valence-electron chi connectivity index (χ1n) is 9.39. The molecule has 6 heteroatoms. The average molecular weight is 335 g/mol. The van der Waals surface area contributed by atoms with Crippen molar-refractivity contribution < 1.29 is 14.4 Å². The third-order valence-electron chi connectivity index (χ3n) is 5.65. The van der Waals surface area contributed by atoms with E-state index in [-0.39, 0.29) is 23.8 Å². The molecule has 3 amide bonds. The molecule has 0 aromatic rings. The van der Waals surface area contributed by atoms with Gasteiger partial charge in [0, 0.05) is 51.0 Å². The summed E-state index contributed by atoms with van der Waals surface area (Å²) in [6, 6.07) is 0.0860. The summed E-state index contributed by atoms with van der Waals surface area (Å²) in [5.41, 5.74) is 0. The molecular weight excluding hydrogens is 306 g/mol. The zero-order valence-electron chi connectivity index (χ0n) is 14.6. The SMILES string of the molecule is C[C@@H]1C[C@@H](C(=O)N2CCC(CN3CCCCC3=O)CC2)CC(=O)N1. The van der Waals surface area contributed by atoms with Gasteiger partial charge in [0.25, 0.3) is 0 Å². The van der Waals surface area contributed by atoms with Crippen molar-refractivity contribution in [1.82, 2.24) is 15.1 Å². The van der Waals surface area contributed by atoms with Gasteiger partial charge < -0.3 is 15.1 Å². The first-order chi connectivity index (χ1) is 11.5. The van der Waals surface area contributed by atoms with E-state index in [9.17, 15) is 14.4 Å². The minimum absolute atomic E-state index is 0.00871. The number of nitrogens with one attached hydrogen (secondary N) is 1. The first-order valence-corrected chi connectivity index (χ1v) is 9.39. The largest absolute Gasteiger partial charge is 0.354 e. The molecule has 0 bridgehead atoms. The van der Waals surface area contributed by atoms with Crippen molar-refractivity contribution >= 4 is 17.7 Å². The van der Waals surface area contributed by atoms with Crippen LogP contribution in [0.5, 0.6) is 0 Å². The number of piperidine rings is 3. The average Bonchev–Trinajstić information content (AvgIpc) is 2.56. The monoisotopic (exact) mass is 335 g/mol. The van der Waals surface area contributed by atoms with Crippen LogP contribution in [-0.4, -0.2) is 59.7 Å². The van der Waals surface area contributed by atoms with Crippen LogP contribution < -0.4 is 5.32 Å². The van der Waals surface area contributed by atoms with Gasteiger partial charge in [-0.05, 0) is 44.9 Å². The van der Waals surface area contributed by atoms with Gasteiger partial charge in [-0.25, -0.2) is 0 Å². The van der Waals surface area contributed by atoms with Crippen molar-refractivity contribution in [3.8, 4) is 0 Å². The number of likely N-dealkylation sites (tertiary alicyclic amines) is 2. The highest BCUT2D eigenvalue weighted by molar-refractivity contribution is 5.87. The lowest BCUT2D eigenvalue weighted by Crippen LogP contribution is -2.49. The molecule has 0 spiro atoms. The number of rotatable bonds is 3. The van der Waals surface area contributed by atoms with Gasteiger partial charge in [0.2, 0.25) is 17.7 Å². The van der Waals surface area contributed by atoms with Gasteiger partial charge in [-0.15, -0.1) is 0 Å². The number of nitrogens with zero attached hydrogens (tertiary/aromatic N) is 2. The normalized spacial score (nSPS) is 29.5. The summed E-state index contributed by atoms with van der Waals surface area (Å²) in [5.74, 6) is 0.774. The van der Waals surface area contributed by atoms with E-state index in [2.05, 4.69) is 5.32 Å². The fourth-order valence-electron chi connectivity index (χ4n) is 4.28. The summed E-state index contributed by atoms with van der Waals surface area (Å²) >= 11 is 0. The van der Waals surface area contributed by atoms with Gasteiger partial charge in [0.15, 0.2) is 0 Å². The van der Waals surface area contributed by atoms with E-state index in [0.717, 1.165) is 58.3 Å². The number of amides is 3. The van der Waals surface area contributed by atoms with E-state index < -0.39 is 0 Å². The second kappa shape index (κ2) is 7.53. The lowest BCUT2D eigenvalue weighted by Gasteiger charge is -2.38. The van der Waals surface area contributed by atoms with Crippen LogP contribution in [-0.2, 0) is 14.4 Å². The van der Waals surface area contributed by atoms with Gasteiger partial charge in [-0.1, -0.05) is 0 Å². The fourth-order valence-corrected chi connectivity index (χ4v) is 4.28. The molecule has 3 rings (SSSR count). The quantitative estimate of drug-likeness (QED) is 0.841. The van der Waals surface area contributed by atoms with Gasteiger partial charge in [-0.3, -0.25) is 14.4 Å². The van der Waals surface area contributed by atoms with Crippen LogP contribution in [0.1, 0.15) is 51.9 Å². The van der Waals surface area contributed by atoms with Crippen LogP contribution >= 0.6 is 0 Å². The summed E-state index contributed by atoms with van der Waals surface area (Å²) in [4.78, 5) is 40.2. The Bertz CT molecular complexity index is 500. The highest BCUT2D eigenvalue weighted by atomic mass is 16.2. The Balaban J connectivity index is 1.47. The summed E-state index contributed by atoms with van der Waals surface area (Å²) in [6.07, 6.45) is 5.83.